The molecule has 0 aliphatic carbocycles. The molecule has 1 atom stereocenters. The van der Waals surface area contributed by atoms with Crippen LogP contribution in [0.2, 0.25) is 0 Å². The van der Waals surface area contributed by atoms with E-state index in [0.717, 1.165) is 37.6 Å². The fraction of sp³-hybridized carbons (Fsp3) is 0.800. The number of nitrogens with zero attached hydrogens (tertiary/aromatic N) is 3. The molecule has 0 amide bonds. The molecule has 1 aliphatic heterocycles. The van der Waals surface area contributed by atoms with Crippen LogP contribution < -0.4 is 5.73 Å². The first-order valence-electron chi connectivity index (χ1n) is 5.45. The van der Waals surface area contributed by atoms with Gasteiger partial charge in [0.05, 0.1) is 0 Å². The van der Waals surface area contributed by atoms with E-state index < -0.39 is 0 Å². The van der Waals surface area contributed by atoms with Gasteiger partial charge in [-0.15, -0.1) is 10.2 Å². The maximum atomic E-state index is 5.55. The number of hydrogen-bond donors (Lipinski definition) is 1. The molecule has 0 saturated heterocycles. The van der Waals surface area contributed by atoms with Crippen molar-refractivity contribution in [2.24, 2.45) is 5.73 Å². The van der Waals surface area contributed by atoms with Gasteiger partial charge in [0, 0.05) is 18.9 Å². The molecule has 1 aromatic heterocycles. The Bertz CT molecular complexity index is 305. The topological polar surface area (TPSA) is 56.7 Å². The average molecular weight is 194 g/mol. The molecule has 4 heteroatoms. The zero-order chi connectivity index (χ0) is 9.97. The van der Waals surface area contributed by atoms with Gasteiger partial charge in [0.1, 0.15) is 11.6 Å². The van der Waals surface area contributed by atoms with Crippen LogP contribution in [0.25, 0.3) is 0 Å². The van der Waals surface area contributed by atoms with E-state index in [-0.39, 0.29) is 0 Å². The lowest BCUT2D eigenvalue weighted by molar-refractivity contribution is 0.488. The first-order valence-corrected chi connectivity index (χ1v) is 5.45. The van der Waals surface area contributed by atoms with Gasteiger partial charge < -0.3 is 10.3 Å². The van der Waals surface area contributed by atoms with Crippen LogP contribution in [0.3, 0.4) is 0 Å². The highest BCUT2D eigenvalue weighted by atomic mass is 15.3. The summed E-state index contributed by atoms with van der Waals surface area (Å²) in [7, 11) is 0. The molecule has 0 spiro atoms. The van der Waals surface area contributed by atoms with Crippen LogP contribution in [0.5, 0.6) is 0 Å². The molecule has 1 unspecified atom stereocenters. The smallest absolute Gasteiger partial charge is 0.135 e. The maximum Gasteiger partial charge on any atom is 0.135 e. The molecule has 1 aliphatic rings. The normalized spacial score (nSPS) is 17.9. The van der Waals surface area contributed by atoms with E-state index in [1.54, 1.807) is 0 Å². The first-order chi connectivity index (χ1) is 6.83. The lowest BCUT2D eigenvalue weighted by Gasteiger charge is -2.17. The quantitative estimate of drug-likeness (QED) is 0.783. The summed E-state index contributed by atoms with van der Waals surface area (Å²) < 4.78 is 2.28. The van der Waals surface area contributed by atoms with Crippen LogP contribution in [0, 0.1) is 0 Å². The van der Waals surface area contributed by atoms with Crippen molar-refractivity contribution in [1.29, 1.82) is 0 Å². The third-order valence-electron chi connectivity index (χ3n) is 2.93. The zero-order valence-electron chi connectivity index (χ0n) is 8.74. The van der Waals surface area contributed by atoms with Crippen LogP contribution in [0.15, 0.2) is 0 Å². The van der Waals surface area contributed by atoms with Gasteiger partial charge in [-0.05, 0) is 25.8 Å². The van der Waals surface area contributed by atoms with Crippen molar-refractivity contribution in [3.8, 4) is 0 Å². The number of aromatic nitrogens is 3. The average Bonchev–Trinajstić information content (AvgIpc) is 2.61. The molecule has 1 aromatic rings. The van der Waals surface area contributed by atoms with Crippen molar-refractivity contribution in [3.05, 3.63) is 11.6 Å². The highest BCUT2D eigenvalue weighted by Gasteiger charge is 2.19. The Hall–Kier alpha value is -0.900. The highest BCUT2D eigenvalue weighted by Crippen LogP contribution is 2.21. The molecule has 0 bridgehead atoms. The van der Waals surface area contributed by atoms with E-state index in [1.165, 1.54) is 12.8 Å². The molecule has 2 rings (SSSR count). The van der Waals surface area contributed by atoms with Crippen LogP contribution in [-0.4, -0.2) is 21.3 Å². The van der Waals surface area contributed by atoms with Gasteiger partial charge in [0.2, 0.25) is 0 Å². The summed E-state index contributed by atoms with van der Waals surface area (Å²) in [5, 5.41) is 8.51. The zero-order valence-corrected chi connectivity index (χ0v) is 8.74. The largest absolute Gasteiger partial charge is 0.330 e. The van der Waals surface area contributed by atoms with Gasteiger partial charge in [-0.25, -0.2) is 0 Å². The van der Waals surface area contributed by atoms with Gasteiger partial charge in [-0.3, -0.25) is 0 Å². The summed E-state index contributed by atoms with van der Waals surface area (Å²) in [6.07, 6.45) is 4.59. The Morgan fingerprint density at radius 1 is 1.43 bits per heavy atom. The molecule has 14 heavy (non-hydrogen) atoms. The summed E-state index contributed by atoms with van der Waals surface area (Å²) >= 11 is 0. The summed E-state index contributed by atoms with van der Waals surface area (Å²) in [5.41, 5.74) is 5.55. The minimum Gasteiger partial charge on any atom is -0.330 e. The van der Waals surface area contributed by atoms with Gasteiger partial charge >= 0.3 is 0 Å². The van der Waals surface area contributed by atoms with E-state index in [9.17, 15) is 0 Å². The Morgan fingerprint density at radius 3 is 3.07 bits per heavy atom. The summed E-state index contributed by atoms with van der Waals surface area (Å²) in [4.78, 5) is 0. The third kappa shape index (κ3) is 1.66. The van der Waals surface area contributed by atoms with Crippen LogP contribution >= 0.6 is 0 Å². The van der Waals surface area contributed by atoms with Gasteiger partial charge in [0.15, 0.2) is 0 Å². The molecule has 0 fully saturated rings. The maximum absolute atomic E-state index is 5.55. The summed E-state index contributed by atoms with van der Waals surface area (Å²) in [6.45, 7) is 3.99. The lowest BCUT2D eigenvalue weighted by Crippen LogP contribution is -2.16. The fourth-order valence-electron chi connectivity index (χ4n) is 2.07. The molecule has 0 radical (unpaired) electrons. The van der Waals surface area contributed by atoms with E-state index in [2.05, 4.69) is 21.7 Å². The number of rotatable bonds is 3. The highest BCUT2D eigenvalue weighted by molar-refractivity contribution is 5.03. The van der Waals surface area contributed by atoms with Gasteiger partial charge in [-0.1, -0.05) is 6.92 Å². The second kappa shape index (κ2) is 4.09. The molecule has 2 heterocycles. The van der Waals surface area contributed by atoms with Crippen molar-refractivity contribution in [1.82, 2.24) is 14.8 Å². The van der Waals surface area contributed by atoms with Gasteiger partial charge in [-0.2, -0.15) is 0 Å². The monoisotopic (exact) mass is 194 g/mol. The second-order valence-corrected chi connectivity index (χ2v) is 4.06. The van der Waals surface area contributed by atoms with Crippen LogP contribution in [-0.2, 0) is 13.0 Å². The number of hydrogen-bond acceptors (Lipinski definition) is 3. The summed E-state index contributed by atoms with van der Waals surface area (Å²) in [6, 6.07) is 0. The fourth-order valence-corrected chi connectivity index (χ4v) is 2.07. The van der Waals surface area contributed by atoms with E-state index in [0.29, 0.717) is 5.92 Å². The second-order valence-electron chi connectivity index (χ2n) is 4.06. The molecule has 78 valence electrons. The Balaban J connectivity index is 2.21. The Morgan fingerprint density at radius 2 is 2.29 bits per heavy atom. The van der Waals surface area contributed by atoms with Crippen molar-refractivity contribution < 1.29 is 0 Å². The molecule has 2 N–H and O–H groups in total. The minimum absolute atomic E-state index is 0.444. The van der Waals surface area contributed by atoms with Crippen molar-refractivity contribution in [3.63, 3.8) is 0 Å². The molecule has 0 aromatic carbocycles. The molecule has 4 nitrogen and oxygen atoms in total. The Labute approximate surface area is 84.5 Å². The number of nitrogens with two attached hydrogens (primary N) is 1. The lowest BCUT2D eigenvalue weighted by atomic mass is 10.1. The van der Waals surface area contributed by atoms with Crippen molar-refractivity contribution >= 4 is 0 Å². The standard InChI is InChI=1S/C10H18N4/c1-8(5-6-11)10-13-12-9-4-2-3-7-14(9)10/h8H,2-7,11H2,1H3. The number of aryl methyl sites for hydroxylation is 1. The van der Waals surface area contributed by atoms with Crippen molar-refractivity contribution in [2.75, 3.05) is 6.54 Å². The Kier molecular flexibility index (Phi) is 2.82. The van der Waals surface area contributed by atoms with E-state index in [4.69, 9.17) is 5.73 Å². The molecular formula is C10H18N4. The predicted molar refractivity (Wildman–Crippen MR) is 55.0 cm³/mol. The van der Waals surface area contributed by atoms with E-state index >= 15 is 0 Å². The summed E-state index contributed by atoms with van der Waals surface area (Å²) in [5.74, 6) is 2.74. The van der Waals surface area contributed by atoms with Crippen LogP contribution in [0.4, 0.5) is 0 Å². The third-order valence-corrected chi connectivity index (χ3v) is 2.93. The molecule has 0 saturated carbocycles. The molecular weight excluding hydrogens is 176 g/mol. The SMILES string of the molecule is CC(CCN)c1nnc2n1CCCC2. The van der Waals surface area contributed by atoms with E-state index in [1.807, 2.05) is 0 Å². The van der Waals surface area contributed by atoms with Gasteiger partial charge in [0.25, 0.3) is 0 Å². The first kappa shape index (κ1) is 9.65. The van der Waals surface area contributed by atoms with Crippen molar-refractivity contribution in [2.45, 2.75) is 45.1 Å². The predicted octanol–water partition coefficient (Wildman–Crippen LogP) is 1.07. The van der Waals surface area contributed by atoms with Crippen LogP contribution in [0.1, 0.15) is 43.8 Å². The number of fused-ring (bicyclic) bond motifs is 1. The minimum atomic E-state index is 0.444.